The van der Waals surface area contributed by atoms with Crippen molar-refractivity contribution in [1.82, 2.24) is 0 Å². The summed E-state index contributed by atoms with van der Waals surface area (Å²) in [7, 11) is 0. The van der Waals surface area contributed by atoms with E-state index in [1.54, 1.807) is 20.8 Å². The van der Waals surface area contributed by atoms with Crippen LogP contribution in [-0.2, 0) is 14.3 Å². The summed E-state index contributed by atoms with van der Waals surface area (Å²) in [5.74, 6) is -2.36. The lowest BCUT2D eigenvalue weighted by molar-refractivity contribution is -0.169. The van der Waals surface area contributed by atoms with E-state index in [2.05, 4.69) is 0 Å². The number of ether oxygens (including phenoxy) is 1. The Morgan fingerprint density at radius 2 is 1.94 bits per heavy atom. The Kier molecular flexibility index (Phi) is 3.81. The Morgan fingerprint density at radius 1 is 1.35 bits per heavy atom. The van der Waals surface area contributed by atoms with Crippen LogP contribution in [0, 0.1) is 5.92 Å². The van der Waals surface area contributed by atoms with Crippen LogP contribution in [0.25, 0.3) is 0 Å². The third kappa shape index (κ3) is 3.19. The second-order valence-corrected chi connectivity index (χ2v) is 5.68. The Morgan fingerprint density at radius 3 is 2.41 bits per heavy atom. The number of carbonyl (C=O) groups is 2. The first kappa shape index (κ1) is 14.0. The first-order chi connectivity index (χ1) is 7.67. The van der Waals surface area contributed by atoms with Crippen molar-refractivity contribution >= 4 is 11.9 Å². The lowest BCUT2D eigenvalue weighted by Crippen LogP contribution is -2.58. The van der Waals surface area contributed by atoms with Crippen molar-refractivity contribution in [3.8, 4) is 0 Å². The largest absolute Gasteiger partial charge is 0.480 e. The normalized spacial score (nSPS) is 29.8. The number of carbonyl (C=O) groups excluding carboxylic acids is 1. The van der Waals surface area contributed by atoms with Gasteiger partial charge in [-0.05, 0) is 33.6 Å². The van der Waals surface area contributed by atoms with Crippen molar-refractivity contribution in [2.24, 2.45) is 11.7 Å². The number of esters is 1. The van der Waals surface area contributed by atoms with Gasteiger partial charge in [-0.25, -0.2) is 0 Å². The van der Waals surface area contributed by atoms with E-state index in [9.17, 15) is 14.7 Å². The molecular weight excluding hydrogens is 222 g/mol. The number of carboxylic acids is 1. The Labute approximate surface area is 101 Å². The fraction of sp³-hybridized carbons (Fsp3) is 0.833. The molecule has 3 N–H and O–H groups in total. The number of rotatable bonds is 2. The molecule has 0 aliphatic heterocycles. The van der Waals surface area contributed by atoms with Gasteiger partial charge in [-0.1, -0.05) is 12.8 Å². The van der Waals surface area contributed by atoms with Crippen molar-refractivity contribution in [2.45, 2.75) is 57.6 Å². The highest BCUT2D eigenvalue weighted by Gasteiger charge is 2.49. The molecule has 5 nitrogen and oxygen atoms in total. The van der Waals surface area contributed by atoms with Crippen LogP contribution < -0.4 is 5.73 Å². The molecule has 0 aromatic rings. The van der Waals surface area contributed by atoms with Crippen molar-refractivity contribution in [1.29, 1.82) is 0 Å². The molecule has 0 saturated heterocycles. The van der Waals surface area contributed by atoms with Gasteiger partial charge in [0.2, 0.25) is 0 Å². The van der Waals surface area contributed by atoms with Crippen molar-refractivity contribution in [2.75, 3.05) is 0 Å². The molecule has 1 rings (SSSR count). The fourth-order valence-corrected chi connectivity index (χ4v) is 2.15. The summed E-state index contributed by atoms with van der Waals surface area (Å²) in [6.45, 7) is 5.27. The zero-order valence-corrected chi connectivity index (χ0v) is 10.7. The maximum atomic E-state index is 12.0. The van der Waals surface area contributed by atoms with Crippen molar-refractivity contribution < 1.29 is 19.4 Å². The highest BCUT2D eigenvalue weighted by Crippen LogP contribution is 2.34. The van der Waals surface area contributed by atoms with Gasteiger partial charge in [0.1, 0.15) is 11.1 Å². The molecule has 0 bridgehead atoms. The van der Waals surface area contributed by atoms with Gasteiger partial charge in [-0.3, -0.25) is 9.59 Å². The molecule has 2 atom stereocenters. The lowest BCUT2D eigenvalue weighted by Gasteiger charge is -2.37. The zero-order valence-electron chi connectivity index (χ0n) is 10.7. The molecule has 1 aliphatic carbocycles. The molecule has 98 valence electrons. The van der Waals surface area contributed by atoms with Crippen molar-refractivity contribution in [3.63, 3.8) is 0 Å². The van der Waals surface area contributed by atoms with E-state index in [0.29, 0.717) is 12.8 Å². The standard InChI is InChI=1S/C12H21NO4/c1-11(2,3)17-9(14)8-6-4-5-7-12(8,13)10(15)16/h8H,4-7,13H2,1-3H3,(H,15,16)/t8-,12+/m0/s1. The molecule has 1 aliphatic rings. The average molecular weight is 243 g/mol. The minimum absolute atomic E-state index is 0.326. The van der Waals surface area contributed by atoms with Gasteiger partial charge in [0.05, 0.1) is 5.92 Å². The number of hydrogen-bond acceptors (Lipinski definition) is 4. The summed E-state index contributed by atoms with van der Waals surface area (Å²) in [4.78, 5) is 23.2. The van der Waals surface area contributed by atoms with Crippen LogP contribution in [0.5, 0.6) is 0 Å². The minimum Gasteiger partial charge on any atom is -0.480 e. The Bertz CT molecular complexity index is 321. The van der Waals surface area contributed by atoms with Crippen LogP contribution in [0.15, 0.2) is 0 Å². The molecule has 17 heavy (non-hydrogen) atoms. The summed E-state index contributed by atoms with van der Waals surface area (Å²) < 4.78 is 5.24. The first-order valence-electron chi connectivity index (χ1n) is 5.92. The van der Waals surface area contributed by atoms with E-state index in [1.807, 2.05) is 0 Å². The van der Waals surface area contributed by atoms with Crippen LogP contribution in [0.3, 0.4) is 0 Å². The molecule has 5 heteroatoms. The molecule has 0 amide bonds. The van der Waals surface area contributed by atoms with Gasteiger partial charge in [0.25, 0.3) is 0 Å². The lowest BCUT2D eigenvalue weighted by atomic mass is 9.73. The average Bonchev–Trinajstić information content (AvgIpc) is 2.15. The zero-order chi connectivity index (χ0) is 13.3. The number of aliphatic carboxylic acids is 1. The monoisotopic (exact) mass is 243 g/mol. The summed E-state index contributed by atoms with van der Waals surface area (Å²) in [6, 6.07) is 0. The van der Waals surface area contributed by atoms with Gasteiger partial charge in [-0.15, -0.1) is 0 Å². The molecule has 0 radical (unpaired) electrons. The van der Waals surface area contributed by atoms with Crippen LogP contribution in [0.1, 0.15) is 46.5 Å². The summed E-state index contributed by atoms with van der Waals surface area (Å²) in [5.41, 5.74) is 3.78. The van der Waals surface area contributed by atoms with E-state index in [1.165, 1.54) is 0 Å². The Balaban J connectivity index is 2.86. The van der Waals surface area contributed by atoms with Gasteiger partial charge < -0.3 is 15.6 Å². The summed E-state index contributed by atoms with van der Waals surface area (Å²) in [6.07, 6.45) is 2.36. The maximum absolute atomic E-state index is 12.0. The predicted molar refractivity (Wildman–Crippen MR) is 62.4 cm³/mol. The minimum atomic E-state index is -1.47. The molecule has 0 aromatic heterocycles. The van der Waals surface area contributed by atoms with Gasteiger partial charge in [0.15, 0.2) is 0 Å². The molecule has 0 spiro atoms. The predicted octanol–water partition coefficient (Wildman–Crippen LogP) is 1.30. The molecular formula is C12H21NO4. The molecule has 0 aromatic carbocycles. The van der Waals surface area contributed by atoms with E-state index < -0.39 is 29.0 Å². The molecule has 1 fully saturated rings. The second-order valence-electron chi connectivity index (χ2n) is 5.68. The summed E-state index contributed by atoms with van der Waals surface area (Å²) >= 11 is 0. The van der Waals surface area contributed by atoms with Gasteiger partial charge >= 0.3 is 11.9 Å². The molecule has 0 heterocycles. The van der Waals surface area contributed by atoms with Crippen LogP contribution >= 0.6 is 0 Å². The van der Waals surface area contributed by atoms with Crippen LogP contribution in [-0.4, -0.2) is 28.2 Å². The third-order valence-corrected chi connectivity index (χ3v) is 3.04. The van der Waals surface area contributed by atoms with Crippen LogP contribution in [0.2, 0.25) is 0 Å². The van der Waals surface area contributed by atoms with E-state index in [0.717, 1.165) is 12.8 Å². The second kappa shape index (κ2) is 4.64. The SMILES string of the molecule is CC(C)(C)OC(=O)[C@@H]1CCCC[C@]1(N)C(=O)O. The Hall–Kier alpha value is -1.10. The van der Waals surface area contributed by atoms with E-state index >= 15 is 0 Å². The van der Waals surface area contributed by atoms with E-state index in [4.69, 9.17) is 10.5 Å². The van der Waals surface area contributed by atoms with Gasteiger partial charge in [-0.2, -0.15) is 0 Å². The van der Waals surface area contributed by atoms with Gasteiger partial charge in [0, 0.05) is 0 Å². The number of hydrogen-bond donors (Lipinski definition) is 2. The first-order valence-corrected chi connectivity index (χ1v) is 5.92. The highest BCUT2D eigenvalue weighted by atomic mass is 16.6. The fourth-order valence-electron chi connectivity index (χ4n) is 2.15. The highest BCUT2D eigenvalue weighted by molar-refractivity contribution is 5.87. The maximum Gasteiger partial charge on any atom is 0.324 e. The number of carboxylic acid groups (broad SMARTS) is 1. The van der Waals surface area contributed by atoms with Crippen molar-refractivity contribution in [3.05, 3.63) is 0 Å². The van der Waals surface area contributed by atoms with Crippen LogP contribution in [0.4, 0.5) is 0 Å². The molecule has 0 unspecified atom stereocenters. The summed E-state index contributed by atoms with van der Waals surface area (Å²) in [5, 5.41) is 9.18. The molecule has 1 saturated carbocycles. The smallest absolute Gasteiger partial charge is 0.324 e. The topological polar surface area (TPSA) is 89.6 Å². The number of nitrogens with two attached hydrogens (primary N) is 1. The van der Waals surface area contributed by atoms with E-state index in [-0.39, 0.29) is 0 Å². The third-order valence-electron chi connectivity index (χ3n) is 3.04. The quantitative estimate of drug-likeness (QED) is 0.713.